The Labute approximate surface area is 242 Å². The molecule has 1 atom stereocenters. The fourth-order valence-corrected chi connectivity index (χ4v) is 6.82. The van der Waals surface area contributed by atoms with Crippen molar-refractivity contribution >= 4 is 32.5 Å². The number of anilines is 1. The third kappa shape index (κ3) is 4.41. The molecular weight excluding hydrogens is 553 g/mol. The lowest BCUT2D eigenvalue weighted by Gasteiger charge is -2.32. The summed E-state index contributed by atoms with van der Waals surface area (Å²) in [5, 5.41) is 9.11. The molecule has 4 aromatic heterocycles. The van der Waals surface area contributed by atoms with E-state index in [1.54, 1.807) is 53.2 Å². The summed E-state index contributed by atoms with van der Waals surface area (Å²) in [6, 6.07) is 20.7. The Morgan fingerprint density at radius 1 is 0.976 bits per heavy atom. The molecule has 7 rings (SSSR count). The number of nitrogens with zero attached hydrogens (tertiary/aromatic N) is 6. The number of rotatable bonds is 5. The molecular formula is C31H28FN7O2S. The predicted octanol–water partition coefficient (Wildman–Crippen LogP) is 4.90. The van der Waals surface area contributed by atoms with Gasteiger partial charge in [-0.15, -0.1) is 5.10 Å². The Morgan fingerprint density at radius 2 is 1.76 bits per heavy atom. The number of aromatic nitrogens is 5. The van der Waals surface area contributed by atoms with Crippen LogP contribution in [0.4, 0.5) is 10.2 Å². The molecule has 0 amide bonds. The van der Waals surface area contributed by atoms with Gasteiger partial charge < -0.3 is 10.2 Å². The fraction of sp³-hybridized carbons (Fsp3) is 0.194. The van der Waals surface area contributed by atoms with Crippen molar-refractivity contribution in [3.8, 4) is 22.5 Å². The van der Waals surface area contributed by atoms with Gasteiger partial charge in [0.25, 0.3) is 10.0 Å². The van der Waals surface area contributed by atoms with Crippen molar-refractivity contribution < 1.29 is 12.8 Å². The van der Waals surface area contributed by atoms with Crippen molar-refractivity contribution in [1.82, 2.24) is 28.9 Å². The SMILES string of the molecule is Cc1ccc(S(=O)(=O)n2ccc3c(-c4c(-c5ccc(F)cc5)nc5ccc(N6CCN[C@H](C)C6)nn45)ccnc32)cc1. The number of fused-ring (bicyclic) bond motifs is 2. The Bertz CT molecular complexity index is 2050. The van der Waals surface area contributed by atoms with Crippen LogP contribution in [0, 0.1) is 12.7 Å². The van der Waals surface area contributed by atoms with E-state index in [4.69, 9.17) is 10.1 Å². The van der Waals surface area contributed by atoms with Gasteiger partial charge in [0.15, 0.2) is 11.3 Å². The first-order valence-electron chi connectivity index (χ1n) is 13.7. The van der Waals surface area contributed by atoms with Crippen molar-refractivity contribution in [2.45, 2.75) is 24.8 Å². The van der Waals surface area contributed by atoms with Crippen LogP contribution in [-0.2, 0) is 10.0 Å². The molecule has 0 bridgehead atoms. The molecule has 2 aromatic carbocycles. The maximum atomic E-state index is 13.9. The second-order valence-corrected chi connectivity index (χ2v) is 12.4. The highest BCUT2D eigenvalue weighted by molar-refractivity contribution is 7.90. The second kappa shape index (κ2) is 10.0. The van der Waals surface area contributed by atoms with Crippen LogP contribution in [-0.4, -0.2) is 57.6 Å². The number of aryl methyl sites for hydroxylation is 1. The number of pyridine rings is 1. The first-order valence-corrected chi connectivity index (χ1v) is 15.2. The van der Waals surface area contributed by atoms with Crippen LogP contribution in [0.3, 0.4) is 0 Å². The van der Waals surface area contributed by atoms with Gasteiger partial charge in [-0.3, -0.25) is 0 Å². The Kier molecular flexibility index (Phi) is 6.28. The number of hydrogen-bond acceptors (Lipinski definition) is 7. The molecule has 0 saturated carbocycles. The number of imidazole rings is 1. The molecule has 212 valence electrons. The summed E-state index contributed by atoms with van der Waals surface area (Å²) < 4.78 is 44.2. The minimum absolute atomic E-state index is 0.177. The van der Waals surface area contributed by atoms with E-state index < -0.39 is 10.0 Å². The van der Waals surface area contributed by atoms with Gasteiger partial charge in [0.2, 0.25) is 0 Å². The minimum Gasteiger partial charge on any atom is -0.352 e. The average Bonchev–Trinajstić information content (AvgIpc) is 3.60. The summed E-state index contributed by atoms with van der Waals surface area (Å²) >= 11 is 0. The zero-order chi connectivity index (χ0) is 29.0. The van der Waals surface area contributed by atoms with E-state index >= 15 is 0 Å². The number of benzene rings is 2. The van der Waals surface area contributed by atoms with Crippen LogP contribution in [0.2, 0.25) is 0 Å². The lowest BCUT2D eigenvalue weighted by atomic mass is 10.0. The van der Waals surface area contributed by atoms with Gasteiger partial charge in [-0.25, -0.2) is 31.3 Å². The molecule has 9 nitrogen and oxygen atoms in total. The molecule has 0 radical (unpaired) electrons. The van der Waals surface area contributed by atoms with Crippen molar-refractivity contribution in [2.75, 3.05) is 24.5 Å². The summed E-state index contributed by atoms with van der Waals surface area (Å²) in [7, 11) is -3.90. The van der Waals surface area contributed by atoms with Crippen LogP contribution in [0.25, 0.3) is 39.2 Å². The molecule has 6 aromatic rings. The zero-order valence-corrected chi connectivity index (χ0v) is 23.9. The van der Waals surface area contributed by atoms with E-state index in [2.05, 4.69) is 22.1 Å². The fourth-order valence-electron chi connectivity index (χ4n) is 5.52. The van der Waals surface area contributed by atoms with Gasteiger partial charge in [0, 0.05) is 54.6 Å². The van der Waals surface area contributed by atoms with Crippen LogP contribution >= 0.6 is 0 Å². The van der Waals surface area contributed by atoms with Gasteiger partial charge in [0.1, 0.15) is 17.3 Å². The molecule has 42 heavy (non-hydrogen) atoms. The van der Waals surface area contributed by atoms with Crippen LogP contribution in [0.15, 0.2) is 90.1 Å². The van der Waals surface area contributed by atoms with Gasteiger partial charge in [0.05, 0.1) is 10.6 Å². The topological polar surface area (TPSA) is 97.4 Å². The number of halogens is 1. The molecule has 1 saturated heterocycles. The third-order valence-electron chi connectivity index (χ3n) is 7.66. The highest BCUT2D eigenvalue weighted by Gasteiger charge is 2.25. The molecule has 5 heterocycles. The second-order valence-electron chi connectivity index (χ2n) is 10.6. The van der Waals surface area contributed by atoms with E-state index in [1.807, 2.05) is 25.1 Å². The molecule has 0 spiro atoms. The molecule has 1 fully saturated rings. The number of piperazine rings is 1. The summed E-state index contributed by atoms with van der Waals surface area (Å²) in [6.45, 7) is 6.53. The van der Waals surface area contributed by atoms with E-state index in [0.717, 1.165) is 31.0 Å². The molecule has 1 aliphatic rings. The first-order chi connectivity index (χ1) is 20.3. The first kappa shape index (κ1) is 26.3. The Hall–Kier alpha value is -4.61. The van der Waals surface area contributed by atoms with E-state index in [9.17, 15) is 12.8 Å². The van der Waals surface area contributed by atoms with E-state index in [0.29, 0.717) is 45.2 Å². The van der Waals surface area contributed by atoms with Gasteiger partial charge >= 0.3 is 0 Å². The molecule has 11 heteroatoms. The van der Waals surface area contributed by atoms with Gasteiger partial charge in [-0.1, -0.05) is 17.7 Å². The standard InChI is InChI=1S/C31H28FN7O2S/c1-20-3-9-24(10-4-20)42(40,41)38-17-14-26-25(13-15-34-31(26)38)30-29(22-5-7-23(32)8-6-22)35-27-11-12-28(36-39(27)30)37-18-16-33-21(2)19-37/h3-15,17,21,33H,16,18-19H2,1-2H3/t21-/m1/s1. The molecule has 1 aliphatic heterocycles. The van der Waals surface area contributed by atoms with Crippen molar-refractivity contribution in [1.29, 1.82) is 0 Å². The van der Waals surface area contributed by atoms with Crippen LogP contribution < -0.4 is 10.2 Å². The number of hydrogen-bond donors (Lipinski definition) is 1. The Morgan fingerprint density at radius 3 is 2.52 bits per heavy atom. The summed E-state index contributed by atoms with van der Waals surface area (Å²) in [4.78, 5) is 11.8. The van der Waals surface area contributed by atoms with E-state index in [1.165, 1.54) is 22.3 Å². The normalized spacial score (nSPS) is 16.0. The lowest BCUT2D eigenvalue weighted by Crippen LogP contribution is -2.49. The quantitative estimate of drug-likeness (QED) is 0.310. The monoisotopic (exact) mass is 581 g/mol. The van der Waals surface area contributed by atoms with Crippen LogP contribution in [0.1, 0.15) is 12.5 Å². The van der Waals surface area contributed by atoms with Crippen molar-refractivity contribution in [3.05, 3.63) is 96.6 Å². The van der Waals surface area contributed by atoms with E-state index in [-0.39, 0.29) is 10.7 Å². The van der Waals surface area contributed by atoms with Gasteiger partial charge in [-0.2, -0.15) is 0 Å². The molecule has 0 aliphatic carbocycles. The Balaban J connectivity index is 1.45. The number of nitrogens with one attached hydrogen (secondary N) is 1. The third-order valence-corrected chi connectivity index (χ3v) is 9.34. The maximum Gasteiger partial charge on any atom is 0.269 e. The summed E-state index contributed by atoms with van der Waals surface area (Å²) in [5.41, 5.74) is 4.58. The summed E-state index contributed by atoms with van der Waals surface area (Å²) in [6.07, 6.45) is 3.12. The lowest BCUT2D eigenvalue weighted by molar-refractivity contribution is 0.481. The van der Waals surface area contributed by atoms with Gasteiger partial charge in [-0.05, 0) is 74.5 Å². The van der Waals surface area contributed by atoms with Crippen molar-refractivity contribution in [2.24, 2.45) is 0 Å². The van der Waals surface area contributed by atoms with Crippen molar-refractivity contribution in [3.63, 3.8) is 0 Å². The highest BCUT2D eigenvalue weighted by atomic mass is 32.2. The summed E-state index contributed by atoms with van der Waals surface area (Å²) in [5.74, 6) is 0.465. The highest BCUT2D eigenvalue weighted by Crippen LogP contribution is 2.37. The zero-order valence-electron chi connectivity index (χ0n) is 23.1. The maximum absolute atomic E-state index is 13.9. The largest absolute Gasteiger partial charge is 0.352 e. The average molecular weight is 582 g/mol. The predicted molar refractivity (Wildman–Crippen MR) is 161 cm³/mol. The molecule has 0 unspecified atom stereocenters. The minimum atomic E-state index is -3.90. The smallest absolute Gasteiger partial charge is 0.269 e. The molecule has 1 N–H and O–H groups in total. The van der Waals surface area contributed by atoms with Crippen LogP contribution in [0.5, 0.6) is 0 Å².